The Morgan fingerprint density at radius 1 is 1.00 bits per heavy atom. The van der Waals surface area contributed by atoms with Crippen LogP contribution in [0.3, 0.4) is 0 Å². The number of fused-ring (bicyclic) bond motifs is 3. The molecule has 15 heteroatoms. The predicted octanol–water partition coefficient (Wildman–Crippen LogP) is 3.96. The van der Waals surface area contributed by atoms with Gasteiger partial charge >= 0.3 is 24.3 Å². The number of aromatic amines is 1. The van der Waals surface area contributed by atoms with Crippen molar-refractivity contribution in [2.45, 2.75) is 25.2 Å². The third-order valence-corrected chi connectivity index (χ3v) is 4.58. The van der Waals surface area contributed by atoms with Crippen molar-refractivity contribution in [3.05, 3.63) is 53.3 Å². The second-order valence-corrected chi connectivity index (χ2v) is 6.92. The fourth-order valence-electron chi connectivity index (χ4n) is 3.10. The van der Waals surface area contributed by atoms with Gasteiger partial charge in [-0.05, 0) is 24.0 Å². The van der Waals surface area contributed by atoms with E-state index in [4.69, 9.17) is 25.5 Å². The fourth-order valence-corrected chi connectivity index (χ4v) is 3.10. The predicted molar refractivity (Wildman–Crippen MR) is 111 cm³/mol. The van der Waals surface area contributed by atoms with Gasteiger partial charge in [-0.1, -0.05) is 30.3 Å². The molecule has 5 N–H and O–H groups in total. The number of hydrogen-bond acceptors (Lipinski definition) is 6. The van der Waals surface area contributed by atoms with Crippen molar-refractivity contribution < 1.29 is 46.1 Å². The SMILES string of the molecule is N#Cc1c(N)nc2c(c1-c1ccccc1)CCc1[nH]ncc1-2.O=C(O)C(F)(F)F.O=C(O)C(F)(F)F. The molecule has 1 aliphatic rings. The van der Waals surface area contributed by atoms with E-state index in [0.717, 1.165) is 46.5 Å². The molecule has 1 aliphatic carbocycles. The number of aliphatic carboxylic acids is 2. The van der Waals surface area contributed by atoms with E-state index in [-0.39, 0.29) is 5.82 Å². The molecule has 2 heterocycles. The molecule has 0 saturated heterocycles. The molecule has 9 nitrogen and oxygen atoms in total. The Hall–Kier alpha value is -4.61. The van der Waals surface area contributed by atoms with E-state index in [2.05, 4.69) is 21.3 Å². The number of alkyl halides is 6. The summed E-state index contributed by atoms with van der Waals surface area (Å²) in [5.74, 6) is -5.24. The Morgan fingerprint density at radius 3 is 2.00 bits per heavy atom. The monoisotopic (exact) mass is 515 g/mol. The van der Waals surface area contributed by atoms with Crippen LogP contribution in [0.4, 0.5) is 32.2 Å². The first-order valence-electron chi connectivity index (χ1n) is 9.59. The molecule has 36 heavy (non-hydrogen) atoms. The van der Waals surface area contributed by atoms with Gasteiger partial charge in [0.25, 0.3) is 0 Å². The number of nitrogens with two attached hydrogens (primary N) is 1. The number of nitrogens with zero attached hydrogens (tertiary/aromatic N) is 3. The van der Waals surface area contributed by atoms with Crippen LogP contribution in [0.25, 0.3) is 22.4 Å². The van der Waals surface area contributed by atoms with Gasteiger partial charge in [0.15, 0.2) is 0 Å². The minimum absolute atomic E-state index is 0.272. The van der Waals surface area contributed by atoms with E-state index in [1.54, 1.807) is 6.20 Å². The lowest BCUT2D eigenvalue weighted by Gasteiger charge is -2.21. The van der Waals surface area contributed by atoms with Crippen molar-refractivity contribution in [3.63, 3.8) is 0 Å². The zero-order valence-corrected chi connectivity index (χ0v) is 17.8. The third kappa shape index (κ3) is 6.50. The number of carbonyl (C=O) groups is 2. The maximum Gasteiger partial charge on any atom is 0.490 e. The van der Waals surface area contributed by atoms with Gasteiger partial charge in [-0.25, -0.2) is 14.6 Å². The number of carboxylic acids is 2. The van der Waals surface area contributed by atoms with Gasteiger partial charge in [-0.15, -0.1) is 0 Å². The van der Waals surface area contributed by atoms with Gasteiger partial charge in [-0.2, -0.15) is 36.7 Å². The van der Waals surface area contributed by atoms with E-state index in [1.807, 2.05) is 30.3 Å². The summed E-state index contributed by atoms with van der Waals surface area (Å²) >= 11 is 0. The summed E-state index contributed by atoms with van der Waals surface area (Å²) in [7, 11) is 0. The molecule has 1 aromatic carbocycles. The van der Waals surface area contributed by atoms with Crippen molar-refractivity contribution in [1.29, 1.82) is 5.26 Å². The van der Waals surface area contributed by atoms with Crippen LogP contribution >= 0.6 is 0 Å². The highest BCUT2D eigenvalue weighted by Gasteiger charge is 2.38. The van der Waals surface area contributed by atoms with Gasteiger partial charge in [0.2, 0.25) is 0 Å². The van der Waals surface area contributed by atoms with E-state index in [9.17, 15) is 31.6 Å². The topological polar surface area (TPSA) is 166 Å². The summed E-state index contributed by atoms with van der Waals surface area (Å²) in [5, 5.41) is 30.9. The molecule has 0 aliphatic heterocycles. The van der Waals surface area contributed by atoms with E-state index in [0.29, 0.717) is 5.56 Å². The van der Waals surface area contributed by atoms with Gasteiger partial charge < -0.3 is 15.9 Å². The first-order chi connectivity index (χ1) is 16.7. The maximum absolute atomic E-state index is 10.6. The maximum atomic E-state index is 10.6. The third-order valence-electron chi connectivity index (χ3n) is 4.58. The Bertz CT molecular complexity index is 1270. The summed E-state index contributed by atoms with van der Waals surface area (Å²) in [5.41, 5.74) is 12.4. The first-order valence-corrected chi connectivity index (χ1v) is 9.59. The number of aromatic nitrogens is 3. The molecule has 2 aromatic heterocycles. The lowest BCUT2D eigenvalue weighted by atomic mass is 9.86. The summed E-state index contributed by atoms with van der Waals surface area (Å²) < 4.78 is 63.5. The molecule has 0 saturated carbocycles. The Balaban J connectivity index is 0.000000271. The number of rotatable bonds is 1. The number of nitriles is 1. The van der Waals surface area contributed by atoms with Crippen molar-refractivity contribution in [2.75, 3.05) is 5.73 Å². The van der Waals surface area contributed by atoms with Gasteiger partial charge in [0, 0.05) is 16.8 Å². The van der Waals surface area contributed by atoms with Crippen LogP contribution < -0.4 is 5.73 Å². The Labute approximate surface area is 197 Å². The number of benzene rings is 1. The van der Waals surface area contributed by atoms with Crippen LogP contribution in [0, 0.1) is 11.3 Å². The normalized spacial score (nSPS) is 11.9. The number of nitrogen functional groups attached to an aromatic ring is 1. The first kappa shape index (κ1) is 27.6. The van der Waals surface area contributed by atoms with Crippen molar-refractivity contribution in [3.8, 4) is 28.5 Å². The molecule has 0 amide bonds. The number of halogens is 6. The lowest BCUT2D eigenvalue weighted by Crippen LogP contribution is -2.21. The Kier molecular flexibility index (Phi) is 8.26. The summed E-state index contributed by atoms with van der Waals surface area (Å²) in [6.45, 7) is 0. The number of carboxylic acid groups (broad SMARTS) is 2. The highest BCUT2D eigenvalue weighted by Crippen LogP contribution is 2.40. The van der Waals surface area contributed by atoms with Gasteiger partial charge in [-0.3, -0.25) is 5.10 Å². The standard InChI is InChI=1S/C17H13N5.2C2HF3O2/c18-8-12-15(10-4-2-1-3-5-10)11-6-7-14-13(9-20-22-14)16(11)21-17(12)19;2*3-2(4,5)1(6)7/h1-5,9H,6-7H2,(H2,19,21)(H,20,22);2*(H,6,7). The molecular formula is C21H15F6N5O4. The zero-order valence-electron chi connectivity index (χ0n) is 17.8. The van der Waals surface area contributed by atoms with Crippen LogP contribution in [0.15, 0.2) is 36.5 Å². The molecule has 4 rings (SSSR count). The smallest absolute Gasteiger partial charge is 0.475 e. The largest absolute Gasteiger partial charge is 0.490 e. The fraction of sp³-hybridized carbons (Fsp3) is 0.190. The quantitative estimate of drug-likeness (QED) is 0.354. The van der Waals surface area contributed by atoms with E-state index >= 15 is 0 Å². The minimum Gasteiger partial charge on any atom is -0.475 e. The summed E-state index contributed by atoms with van der Waals surface area (Å²) in [4.78, 5) is 22.3. The number of aryl methyl sites for hydroxylation is 1. The highest BCUT2D eigenvalue weighted by molar-refractivity contribution is 5.85. The second kappa shape index (κ2) is 10.8. The molecular weight excluding hydrogens is 500 g/mol. The van der Waals surface area contributed by atoms with Crippen molar-refractivity contribution >= 4 is 17.8 Å². The van der Waals surface area contributed by atoms with Crippen LogP contribution in [-0.4, -0.2) is 49.7 Å². The van der Waals surface area contributed by atoms with Crippen LogP contribution in [0.2, 0.25) is 0 Å². The number of H-pyrrole nitrogens is 1. The number of anilines is 1. The summed E-state index contributed by atoms with van der Waals surface area (Å²) in [6, 6.07) is 12.1. The van der Waals surface area contributed by atoms with E-state index in [1.165, 1.54) is 0 Å². The molecule has 0 spiro atoms. The average Bonchev–Trinajstić information content (AvgIpc) is 3.28. The molecule has 0 bridgehead atoms. The lowest BCUT2D eigenvalue weighted by molar-refractivity contribution is -0.193. The molecule has 0 atom stereocenters. The number of hydrogen-bond donors (Lipinski definition) is 4. The minimum atomic E-state index is -5.08. The molecule has 0 radical (unpaired) electrons. The molecule has 0 fully saturated rings. The summed E-state index contributed by atoms with van der Waals surface area (Å²) in [6.07, 6.45) is -6.71. The Morgan fingerprint density at radius 2 is 1.53 bits per heavy atom. The van der Waals surface area contributed by atoms with Gasteiger partial charge in [0.1, 0.15) is 17.5 Å². The average molecular weight is 515 g/mol. The van der Waals surface area contributed by atoms with Crippen molar-refractivity contribution in [2.24, 2.45) is 0 Å². The van der Waals surface area contributed by atoms with Crippen LogP contribution in [-0.2, 0) is 22.4 Å². The van der Waals surface area contributed by atoms with Crippen molar-refractivity contribution in [1.82, 2.24) is 15.2 Å². The van der Waals surface area contributed by atoms with Crippen LogP contribution in [0.1, 0.15) is 16.8 Å². The molecule has 0 unspecified atom stereocenters. The van der Waals surface area contributed by atoms with Crippen LogP contribution in [0.5, 0.6) is 0 Å². The van der Waals surface area contributed by atoms with E-state index < -0.39 is 24.3 Å². The number of nitrogens with one attached hydrogen (secondary N) is 1. The molecule has 3 aromatic rings. The second-order valence-electron chi connectivity index (χ2n) is 6.92. The zero-order chi connectivity index (χ0) is 27.3. The highest BCUT2D eigenvalue weighted by atomic mass is 19.4. The number of pyridine rings is 1. The van der Waals surface area contributed by atoms with Gasteiger partial charge in [0.05, 0.1) is 11.9 Å². The molecule has 190 valence electrons.